The van der Waals surface area contributed by atoms with Gasteiger partial charge in [0.25, 0.3) is 0 Å². The van der Waals surface area contributed by atoms with Gasteiger partial charge in [0.2, 0.25) is 5.91 Å². The van der Waals surface area contributed by atoms with Crippen molar-refractivity contribution in [2.75, 3.05) is 44.2 Å². The van der Waals surface area contributed by atoms with E-state index in [0.29, 0.717) is 30.0 Å². The van der Waals surface area contributed by atoms with E-state index in [2.05, 4.69) is 5.32 Å². The molecule has 0 atom stereocenters. The SMILES string of the molecule is Cl.Cl.O=C(CN(C(=O)C(F)(F)F)c1cccc2c1CNCC2)N(CCN1CCCC1)Cc1ccccc1C(F)(F)F. The molecule has 2 aliphatic rings. The normalized spacial score (nSPS) is 15.4. The highest BCUT2D eigenvalue weighted by molar-refractivity contribution is 6.02. The van der Waals surface area contributed by atoms with E-state index in [0.717, 1.165) is 42.5 Å². The summed E-state index contributed by atoms with van der Waals surface area (Å²) in [5.41, 5.74) is 0.125. The van der Waals surface area contributed by atoms with Gasteiger partial charge in [-0.15, -0.1) is 24.8 Å². The molecule has 41 heavy (non-hydrogen) atoms. The number of anilines is 1. The summed E-state index contributed by atoms with van der Waals surface area (Å²) in [6.45, 7) is 1.33. The van der Waals surface area contributed by atoms with Crippen molar-refractivity contribution < 1.29 is 35.9 Å². The topological polar surface area (TPSA) is 55.9 Å². The van der Waals surface area contributed by atoms with Crippen LogP contribution in [0.5, 0.6) is 0 Å². The number of likely N-dealkylation sites (tertiary alicyclic amines) is 1. The second-order valence-electron chi connectivity index (χ2n) is 9.75. The quantitative estimate of drug-likeness (QED) is 0.408. The Morgan fingerprint density at radius 3 is 2.27 bits per heavy atom. The summed E-state index contributed by atoms with van der Waals surface area (Å²) in [4.78, 5) is 29.7. The molecule has 1 fully saturated rings. The molecule has 0 radical (unpaired) electrons. The Balaban J connectivity index is 0.00000294. The van der Waals surface area contributed by atoms with Crippen molar-refractivity contribution in [3.05, 3.63) is 64.7 Å². The van der Waals surface area contributed by atoms with Crippen LogP contribution in [0.3, 0.4) is 0 Å². The van der Waals surface area contributed by atoms with Crippen molar-refractivity contribution in [2.45, 2.75) is 44.7 Å². The van der Waals surface area contributed by atoms with Crippen LogP contribution in [0, 0.1) is 0 Å². The summed E-state index contributed by atoms with van der Waals surface area (Å²) in [7, 11) is 0. The fraction of sp³-hybridized carbons (Fsp3) is 0.481. The lowest BCUT2D eigenvalue weighted by molar-refractivity contribution is -0.170. The van der Waals surface area contributed by atoms with Crippen LogP contribution in [0.15, 0.2) is 42.5 Å². The molecule has 228 valence electrons. The van der Waals surface area contributed by atoms with Gasteiger partial charge in [0.15, 0.2) is 0 Å². The van der Waals surface area contributed by atoms with Crippen LogP contribution in [-0.2, 0) is 35.3 Å². The van der Waals surface area contributed by atoms with E-state index in [1.54, 1.807) is 6.07 Å². The molecule has 2 aliphatic heterocycles. The summed E-state index contributed by atoms with van der Waals surface area (Å²) in [5.74, 6) is -3.07. The first-order valence-corrected chi connectivity index (χ1v) is 12.8. The third-order valence-corrected chi connectivity index (χ3v) is 7.11. The minimum atomic E-state index is -5.26. The zero-order chi connectivity index (χ0) is 28.2. The number of carbonyl (C=O) groups is 2. The fourth-order valence-corrected chi connectivity index (χ4v) is 5.10. The monoisotopic (exact) mass is 628 g/mol. The van der Waals surface area contributed by atoms with Crippen molar-refractivity contribution >= 4 is 42.3 Å². The first kappa shape index (κ1) is 34.7. The highest BCUT2D eigenvalue weighted by Gasteiger charge is 2.45. The Kier molecular flexibility index (Phi) is 12.3. The minimum absolute atomic E-state index is 0. The number of fused-ring (bicyclic) bond motifs is 1. The van der Waals surface area contributed by atoms with Crippen molar-refractivity contribution in [3.8, 4) is 0 Å². The lowest BCUT2D eigenvalue weighted by Gasteiger charge is -2.32. The standard InChI is InChI=1S/C27H30F6N4O2.2ClH/c28-26(29,30)22-8-2-1-6-20(22)17-36(15-14-35-12-3-4-13-35)24(38)18-37(25(39)27(31,32)33)23-9-5-7-19-10-11-34-16-21(19)23;;/h1-2,5-9,34H,3-4,10-18H2;2*1H. The highest BCUT2D eigenvalue weighted by atomic mass is 35.5. The van der Waals surface area contributed by atoms with Gasteiger partial charge in [-0.3, -0.25) is 14.5 Å². The molecule has 2 amide bonds. The molecule has 0 unspecified atom stereocenters. The number of carbonyl (C=O) groups excluding carboxylic acids is 2. The van der Waals surface area contributed by atoms with Crippen molar-refractivity contribution in [3.63, 3.8) is 0 Å². The minimum Gasteiger partial charge on any atom is -0.336 e. The van der Waals surface area contributed by atoms with Crippen LogP contribution >= 0.6 is 24.8 Å². The second kappa shape index (κ2) is 14.6. The Hall–Kier alpha value is -2.54. The Labute approximate surface area is 246 Å². The maximum Gasteiger partial charge on any atom is 0.471 e. The number of halogens is 8. The van der Waals surface area contributed by atoms with Gasteiger partial charge in [0.05, 0.1) is 5.56 Å². The highest BCUT2D eigenvalue weighted by Crippen LogP contribution is 2.33. The number of nitrogens with one attached hydrogen (secondary N) is 1. The van der Waals surface area contributed by atoms with E-state index >= 15 is 0 Å². The lowest BCUT2D eigenvalue weighted by Crippen LogP contribution is -2.49. The third-order valence-electron chi connectivity index (χ3n) is 7.11. The van der Waals surface area contributed by atoms with Gasteiger partial charge in [0.1, 0.15) is 6.54 Å². The summed E-state index contributed by atoms with van der Waals surface area (Å²) < 4.78 is 82.1. The van der Waals surface area contributed by atoms with E-state index < -0.39 is 42.8 Å². The Morgan fingerprint density at radius 2 is 1.61 bits per heavy atom. The van der Waals surface area contributed by atoms with Crippen molar-refractivity contribution in [2.24, 2.45) is 0 Å². The average Bonchev–Trinajstić information content (AvgIpc) is 3.42. The van der Waals surface area contributed by atoms with E-state index in [1.165, 1.54) is 30.3 Å². The predicted molar refractivity (Wildman–Crippen MR) is 147 cm³/mol. The molecule has 0 aromatic heterocycles. The van der Waals surface area contributed by atoms with Gasteiger partial charge in [0, 0.05) is 31.9 Å². The van der Waals surface area contributed by atoms with Crippen molar-refractivity contribution in [1.29, 1.82) is 0 Å². The molecule has 1 N–H and O–H groups in total. The second-order valence-corrected chi connectivity index (χ2v) is 9.75. The van der Waals surface area contributed by atoms with E-state index in [9.17, 15) is 35.9 Å². The molecule has 2 aromatic rings. The zero-order valence-electron chi connectivity index (χ0n) is 22.1. The molecule has 0 saturated carbocycles. The summed E-state index contributed by atoms with van der Waals surface area (Å²) in [6, 6.07) is 9.45. The van der Waals surface area contributed by atoms with Crippen LogP contribution < -0.4 is 10.2 Å². The van der Waals surface area contributed by atoms with Gasteiger partial charge < -0.3 is 15.1 Å². The Bertz CT molecular complexity index is 1190. The first-order chi connectivity index (χ1) is 18.4. The van der Waals surface area contributed by atoms with Crippen LogP contribution in [0.1, 0.15) is 35.1 Å². The largest absolute Gasteiger partial charge is 0.471 e. The van der Waals surface area contributed by atoms with Crippen LogP contribution in [0.25, 0.3) is 0 Å². The summed E-state index contributed by atoms with van der Waals surface area (Å²) in [6.07, 6.45) is -7.48. The van der Waals surface area contributed by atoms with Crippen LogP contribution in [0.2, 0.25) is 0 Å². The number of benzene rings is 2. The van der Waals surface area contributed by atoms with Gasteiger partial charge in [-0.1, -0.05) is 30.3 Å². The van der Waals surface area contributed by atoms with Crippen LogP contribution in [-0.4, -0.2) is 67.1 Å². The molecule has 14 heteroatoms. The van der Waals surface area contributed by atoms with Gasteiger partial charge >= 0.3 is 18.3 Å². The van der Waals surface area contributed by atoms with E-state index in [-0.39, 0.29) is 49.2 Å². The molecule has 1 saturated heterocycles. The summed E-state index contributed by atoms with van der Waals surface area (Å²) >= 11 is 0. The number of hydrogen-bond acceptors (Lipinski definition) is 4. The molecule has 0 spiro atoms. The van der Waals surface area contributed by atoms with Crippen molar-refractivity contribution in [1.82, 2.24) is 15.1 Å². The number of hydrogen-bond donors (Lipinski definition) is 1. The number of rotatable bonds is 8. The average molecular weight is 629 g/mol. The molecular weight excluding hydrogens is 597 g/mol. The first-order valence-electron chi connectivity index (χ1n) is 12.8. The summed E-state index contributed by atoms with van der Waals surface area (Å²) in [5, 5.41) is 3.07. The lowest BCUT2D eigenvalue weighted by atomic mass is 9.98. The van der Waals surface area contributed by atoms with Gasteiger partial charge in [-0.05, 0) is 67.7 Å². The molecule has 0 bridgehead atoms. The van der Waals surface area contributed by atoms with Gasteiger partial charge in [-0.25, -0.2) is 0 Å². The molecule has 4 rings (SSSR count). The molecule has 0 aliphatic carbocycles. The molecule has 2 aromatic carbocycles. The maximum absolute atomic E-state index is 13.7. The maximum atomic E-state index is 13.7. The number of alkyl halides is 6. The predicted octanol–water partition coefficient (Wildman–Crippen LogP) is 5.21. The Morgan fingerprint density at radius 1 is 0.927 bits per heavy atom. The van der Waals surface area contributed by atoms with E-state index in [1.807, 2.05) is 4.90 Å². The van der Waals surface area contributed by atoms with Crippen LogP contribution in [0.4, 0.5) is 32.0 Å². The molecule has 6 nitrogen and oxygen atoms in total. The van der Waals surface area contributed by atoms with Gasteiger partial charge in [-0.2, -0.15) is 26.3 Å². The smallest absolute Gasteiger partial charge is 0.336 e. The number of amides is 2. The molecular formula is C27H32Cl2F6N4O2. The molecule has 2 heterocycles. The fourth-order valence-electron chi connectivity index (χ4n) is 5.10. The zero-order valence-corrected chi connectivity index (χ0v) is 23.7. The number of nitrogens with zero attached hydrogens (tertiary/aromatic N) is 3. The third kappa shape index (κ3) is 8.73. The van der Waals surface area contributed by atoms with E-state index in [4.69, 9.17) is 0 Å².